The van der Waals surface area contributed by atoms with Gasteiger partial charge >= 0.3 is 0 Å². The molecule has 0 atom stereocenters. The van der Waals surface area contributed by atoms with Gasteiger partial charge in [-0.2, -0.15) is 0 Å². The Morgan fingerprint density at radius 1 is 1.29 bits per heavy atom. The van der Waals surface area contributed by atoms with E-state index in [1.165, 1.54) is 11.9 Å². The van der Waals surface area contributed by atoms with Crippen molar-refractivity contribution in [2.75, 3.05) is 12.8 Å². The van der Waals surface area contributed by atoms with Crippen molar-refractivity contribution >= 4 is 5.82 Å². The van der Waals surface area contributed by atoms with Crippen LogP contribution in [-0.2, 0) is 6.42 Å². The maximum absolute atomic E-state index is 5.76. The molecule has 17 heavy (non-hydrogen) atoms. The fourth-order valence-electron chi connectivity index (χ4n) is 1.73. The second-order valence-electron chi connectivity index (χ2n) is 3.69. The first kappa shape index (κ1) is 11.4. The third-order valence-electron chi connectivity index (χ3n) is 2.64. The highest BCUT2D eigenvalue weighted by Crippen LogP contribution is 2.31. The van der Waals surface area contributed by atoms with Crippen LogP contribution in [0.1, 0.15) is 12.5 Å². The van der Waals surface area contributed by atoms with Gasteiger partial charge in [0.05, 0.1) is 7.11 Å². The van der Waals surface area contributed by atoms with Crippen LogP contribution < -0.4 is 10.5 Å². The number of rotatable bonds is 3. The Morgan fingerprint density at radius 3 is 2.82 bits per heavy atom. The highest BCUT2D eigenvalue weighted by Gasteiger charge is 2.11. The van der Waals surface area contributed by atoms with E-state index in [2.05, 4.69) is 29.0 Å². The second-order valence-corrected chi connectivity index (χ2v) is 3.69. The molecular formula is C13H15N3O. The summed E-state index contributed by atoms with van der Waals surface area (Å²) in [5, 5.41) is 0. The molecule has 0 amide bonds. The Bertz CT molecular complexity index is 526. The highest BCUT2D eigenvalue weighted by atomic mass is 16.5. The molecule has 1 aromatic heterocycles. The molecule has 1 aromatic carbocycles. The number of methoxy groups -OCH3 is 1. The molecule has 0 aliphatic carbocycles. The highest BCUT2D eigenvalue weighted by molar-refractivity contribution is 5.71. The number of benzene rings is 1. The van der Waals surface area contributed by atoms with E-state index < -0.39 is 0 Å². The lowest BCUT2D eigenvalue weighted by molar-refractivity contribution is 0.415. The lowest BCUT2D eigenvalue weighted by Gasteiger charge is -2.09. The zero-order valence-electron chi connectivity index (χ0n) is 9.97. The molecule has 0 saturated heterocycles. The van der Waals surface area contributed by atoms with E-state index in [0.29, 0.717) is 11.6 Å². The van der Waals surface area contributed by atoms with Crippen LogP contribution in [0.25, 0.3) is 11.3 Å². The maximum atomic E-state index is 5.76. The van der Waals surface area contributed by atoms with Crippen LogP contribution >= 0.6 is 0 Å². The molecule has 88 valence electrons. The molecule has 0 bridgehead atoms. The fourth-order valence-corrected chi connectivity index (χ4v) is 1.73. The van der Waals surface area contributed by atoms with Crippen LogP contribution in [0.3, 0.4) is 0 Å². The molecule has 0 unspecified atom stereocenters. The van der Waals surface area contributed by atoms with Gasteiger partial charge in [-0.15, -0.1) is 0 Å². The average molecular weight is 229 g/mol. The number of anilines is 1. The SMILES string of the molecule is CCc1cccc(-c2ncnc(N)c2OC)c1. The number of ether oxygens (including phenoxy) is 1. The minimum absolute atomic E-state index is 0.361. The van der Waals surface area contributed by atoms with Crippen molar-refractivity contribution in [3.63, 3.8) is 0 Å². The quantitative estimate of drug-likeness (QED) is 0.877. The summed E-state index contributed by atoms with van der Waals surface area (Å²) >= 11 is 0. The summed E-state index contributed by atoms with van der Waals surface area (Å²) < 4.78 is 5.25. The van der Waals surface area contributed by atoms with E-state index in [9.17, 15) is 0 Å². The second kappa shape index (κ2) is 4.82. The summed E-state index contributed by atoms with van der Waals surface area (Å²) in [6, 6.07) is 8.17. The molecule has 0 fully saturated rings. The number of nitrogens with two attached hydrogens (primary N) is 1. The van der Waals surface area contributed by atoms with Gasteiger partial charge in [0.1, 0.15) is 12.0 Å². The zero-order chi connectivity index (χ0) is 12.3. The van der Waals surface area contributed by atoms with Gasteiger partial charge in [-0.3, -0.25) is 0 Å². The summed E-state index contributed by atoms with van der Waals surface area (Å²) in [6.07, 6.45) is 2.43. The van der Waals surface area contributed by atoms with Crippen LogP contribution in [-0.4, -0.2) is 17.1 Å². The molecular weight excluding hydrogens is 214 g/mol. The van der Waals surface area contributed by atoms with E-state index in [-0.39, 0.29) is 0 Å². The lowest BCUT2D eigenvalue weighted by atomic mass is 10.1. The average Bonchev–Trinajstić information content (AvgIpc) is 2.38. The van der Waals surface area contributed by atoms with Gasteiger partial charge in [-0.05, 0) is 18.1 Å². The van der Waals surface area contributed by atoms with Gasteiger partial charge in [0.2, 0.25) is 0 Å². The molecule has 4 nitrogen and oxygen atoms in total. The number of nitrogens with zero attached hydrogens (tertiary/aromatic N) is 2. The van der Waals surface area contributed by atoms with E-state index in [0.717, 1.165) is 17.7 Å². The first-order valence-corrected chi connectivity index (χ1v) is 5.50. The summed E-state index contributed by atoms with van der Waals surface area (Å²) in [5.74, 6) is 0.889. The molecule has 0 saturated carbocycles. The van der Waals surface area contributed by atoms with Crippen molar-refractivity contribution in [3.05, 3.63) is 36.2 Å². The number of hydrogen-bond acceptors (Lipinski definition) is 4. The van der Waals surface area contributed by atoms with Gasteiger partial charge in [-0.25, -0.2) is 9.97 Å². The first-order chi connectivity index (χ1) is 8.26. The third-order valence-corrected chi connectivity index (χ3v) is 2.64. The molecule has 2 N–H and O–H groups in total. The normalized spacial score (nSPS) is 10.2. The van der Waals surface area contributed by atoms with E-state index in [1.807, 2.05) is 12.1 Å². The zero-order valence-corrected chi connectivity index (χ0v) is 9.97. The fraction of sp³-hybridized carbons (Fsp3) is 0.231. The molecule has 2 aromatic rings. The predicted molar refractivity (Wildman–Crippen MR) is 67.8 cm³/mol. The van der Waals surface area contributed by atoms with Crippen molar-refractivity contribution in [2.45, 2.75) is 13.3 Å². The topological polar surface area (TPSA) is 61.0 Å². The number of nitrogen functional groups attached to an aromatic ring is 1. The van der Waals surface area contributed by atoms with Crippen molar-refractivity contribution in [1.29, 1.82) is 0 Å². The predicted octanol–water partition coefficient (Wildman–Crippen LogP) is 2.30. The number of aryl methyl sites for hydroxylation is 1. The van der Waals surface area contributed by atoms with E-state index >= 15 is 0 Å². The third kappa shape index (κ3) is 2.20. The molecule has 2 rings (SSSR count). The van der Waals surface area contributed by atoms with Gasteiger partial charge < -0.3 is 10.5 Å². The molecule has 1 heterocycles. The van der Waals surface area contributed by atoms with Crippen molar-refractivity contribution in [2.24, 2.45) is 0 Å². The van der Waals surface area contributed by atoms with Gasteiger partial charge in [0, 0.05) is 5.56 Å². The summed E-state index contributed by atoms with van der Waals surface area (Å²) in [6.45, 7) is 2.12. The Kier molecular flexibility index (Phi) is 3.23. The Hall–Kier alpha value is -2.10. The standard InChI is InChI=1S/C13H15N3O/c1-3-9-5-4-6-10(7-9)11-12(17-2)13(14)16-8-15-11/h4-8H,3H2,1-2H3,(H2,14,15,16). The number of aromatic nitrogens is 2. The van der Waals surface area contributed by atoms with Gasteiger partial charge in [0.25, 0.3) is 0 Å². The van der Waals surface area contributed by atoms with Crippen LogP contribution in [0.4, 0.5) is 5.82 Å². The van der Waals surface area contributed by atoms with Crippen molar-refractivity contribution in [3.8, 4) is 17.0 Å². The van der Waals surface area contributed by atoms with E-state index in [1.54, 1.807) is 7.11 Å². The molecule has 4 heteroatoms. The molecule has 0 spiro atoms. The Balaban J connectivity index is 2.55. The lowest BCUT2D eigenvalue weighted by Crippen LogP contribution is -2.00. The minimum atomic E-state index is 0.361. The van der Waals surface area contributed by atoms with Crippen molar-refractivity contribution < 1.29 is 4.74 Å². The number of hydrogen-bond donors (Lipinski definition) is 1. The Labute approximate surface area is 100 Å². The van der Waals surface area contributed by atoms with Crippen LogP contribution in [0.5, 0.6) is 5.75 Å². The van der Waals surface area contributed by atoms with Crippen LogP contribution in [0.15, 0.2) is 30.6 Å². The maximum Gasteiger partial charge on any atom is 0.187 e. The summed E-state index contributed by atoms with van der Waals surface area (Å²) in [5.41, 5.74) is 8.74. The summed E-state index contributed by atoms with van der Waals surface area (Å²) in [7, 11) is 1.57. The van der Waals surface area contributed by atoms with Crippen LogP contribution in [0, 0.1) is 0 Å². The van der Waals surface area contributed by atoms with Gasteiger partial charge in [0.15, 0.2) is 11.6 Å². The first-order valence-electron chi connectivity index (χ1n) is 5.50. The molecule has 0 radical (unpaired) electrons. The Morgan fingerprint density at radius 2 is 2.12 bits per heavy atom. The molecule has 0 aliphatic heterocycles. The molecule has 0 aliphatic rings. The van der Waals surface area contributed by atoms with Crippen LogP contribution in [0.2, 0.25) is 0 Å². The van der Waals surface area contributed by atoms with Gasteiger partial charge in [-0.1, -0.05) is 25.1 Å². The smallest absolute Gasteiger partial charge is 0.187 e. The minimum Gasteiger partial charge on any atom is -0.491 e. The largest absolute Gasteiger partial charge is 0.491 e. The monoisotopic (exact) mass is 229 g/mol. The van der Waals surface area contributed by atoms with E-state index in [4.69, 9.17) is 10.5 Å². The van der Waals surface area contributed by atoms with Crippen molar-refractivity contribution in [1.82, 2.24) is 9.97 Å². The summed E-state index contributed by atoms with van der Waals surface area (Å²) in [4.78, 5) is 8.16.